The number of hydrogen-bond donors (Lipinski definition) is 1. The highest BCUT2D eigenvalue weighted by atomic mass is 16.6. The number of carbonyl (C=O) groups excluding carboxylic acids is 2. The van der Waals surface area contributed by atoms with Crippen molar-refractivity contribution in [2.24, 2.45) is 0 Å². The second-order valence-corrected chi connectivity index (χ2v) is 9.70. The molecule has 9 heteroatoms. The summed E-state index contributed by atoms with van der Waals surface area (Å²) >= 11 is 0. The first-order valence-corrected chi connectivity index (χ1v) is 12.5. The lowest BCUT2D eigenvalue weighted by Gasteiger charge is -2.47. The molecule has 192 valence electrons. The average Bonchev–Trinajstić information content (AvgIpc) is 3.31. The number of benzene rings is 3. The van der Waals surface area contributed by atoms with Crippen molar-refractivity contribution in [3.05, 3.63) is 105 Å². The molecule has 4 aromatic rings. The fraction of sp³-hybridized carbons (Fsp3) is 0.241. The predicted molar refractivity (Wildman–Crippen MR) is 141 cm³/mol. The van der Waals surface area contributed by atoms with E-state index < -0.39 is 17.0 Å². The van der Waals surface area contributed by atoms with Crippen LogP contribution in [0.3, 0.4) is 0 Å². The summed E-state index contributed by atoms with van der Waals surface area (Å²) < 4.78 is 5.22. The van der Waals surface area contributed by atoms with E-state index in [9.17, 15) is 19.7 Å². The van der Waals surface area contributed by atoms with Gasteiger partial charge < -0.3 is 19.5 Å². The highest BCUT2D eigenvalue weighted by molar-refractivity contribution is 5.97. The average molecular weight is 511 g/mol. The van der Waals surface area contributed by atoms with Crippen LogP contribution in [0.25, 0.3) is 10.9 Å². The maximum absolute atomic E-state index is 13.8. The molecule has 1 saturated heterocycles. The first-order chi connectivity index (χ1) is 18.4. The molecule has 2 aliphatic heterocycles. The molecule has 0 saturated carbocycles. The molecule has 2 aliphatic rings. The fourth-order valence-electron chi connectivity index (χ4n) is 5.72. The van der Waals surface area contributed by atoms with E-state index >= 15 is 0 Å². The van der Waals surface area contributed by atoms with Crippen LogP contribution < -0.4 is 4.74 Å². The zero-order valence-electron chi connectivity index (χ0n) is 20.8. The highest BCUT2D eigenvalue weighted by Crippen LogP contribution is 2.43. The van der Waals surface area contributed by atoms with E-state index in [1.54, 1.807) is 29.0 Å². The predicted octanol–water partition coefficient (Wildman–Crippen LogP) is 4.01. The van der Waals surface area contributed by atoms with Gasteiger partial charge in [0, 0.05) is 41.7 Å². The smallest absolute Gasteiger partial charge is 0.269 e. The molecule has 1 fully saturated rings. The van der Waals surface area contributed by atoms with Gasteiger partial charge in [0.1, 0.15) is 11.8 Å². The summed E-state index contributed by atoms with van der Waals surface area (Å²) in [5, 5.41) is 12.5. The molecule has 6 rings (SSSR count). The Morgan fingerprint density at radius 2 is 1.84 bits per heavy atom. The number of nitro groups is 1. The van der Waals surface area contributed by atoms with Crippen LogP contribution in [0.5, 0.6) is 5.75 Å². The van der Waals surface area contributed by atoms with Gasteiger partial charge in [-0.3, -0.25) is 19.7 Å². The lowest BCUT2D eigenvalue weighted by Crippen LogP contribution is -2.63. The summed E-state index contributed by atoms with van der Waals surface area (Å²) in [6.07, 6.45) is 0.997. The number of nitrogens with one attached hydrogen (secondary N) is 1. The molecule has 0 unspecified atom stereocenters. The van der Waals surface area contributed by atoms with Crippen LogP contribution in [0.4, 0.5) is 5.69 Å². The third kappa shape index (κ3) is 3.96. The molecule has 3 heterocycles. The van der Waals surface area contributed by atoms with Gasteiger partial charge in [0.25, 0.3) is 5.69 Å². The van der Waals surface area contributed by atoms with Crippen LogP contribution in [0.1, 0.15) is 28.4 Å². The largest absolute Gasteiger partial charge is 0.497 e. The van der Waals surface area contributed by atoms with Crippen molar-refractivity contribution < 1.29 is 19.2 Å². The van der Waals surface area contributed by atoms with Gasteiger partial charge in [-0.25, -0.2) is 0 Å². The number of nitrogens with zero attached hydrogens (tertiary/aromatic N) is 3. The molecule has 0 aliphatic carbocycles. The number of aromatic amines is 1. The minimum atomic E-state index is -0.692. The maximum Gasteiger partial charge on any atom is 0.269 e. The lowest BCUT2D eigenvalue weighted by molar-refractivity contribution is -0.384. The number of nitro benzene ring substituents is 1. The number of fused-ring (bicyclic) bond motifs is 4. The van der Waals surface area contributed by atoms with Crippen LogP contribution in [0.15, 0.2) is 72.8 Å². The minimum Gasteiger partial charge on any atom is -0.497 e. The Bertz CT molecular complexity index is 1560. The van der Waals surface area contributed by atoms with E-state index in [0.717, 1.165) is 33.5 Å². The summed E-state index contributed by atoms with van der Waals surface area (Å²) in [5.41, 5.74) is 4.27. The number of para-hydroxylation sites is 1. The second-order valence-electron chi connectivity index (χ2n) is 9.70. The second kappa shape index (κ2) is 9.33. The fourth-order valence-corrected chi connectivity index (χ4v) is 5.72. The van der Waals surface area contributed by atoms with Crippen LogP contribution in [-0.2, 0) is 22.4 Å². The number of methoxy groups -OCH3 is 1. The van der Waals surface area contributed by atoms with Gasteiger partial charge in [-0.2, -0.15) is 0 Å². The number of piperazine rings is 1. The Labute approximate surface area is 218 Å². The highest BCUT2D eigenvalue weighted by Gasteiger charge is 2.48. The minimum absolute atomic E-state index is 0.0352. The quantitative estimate of drug-likeness (QED) is 0.311. The zero-order chi connectivity index (χ0) is 26.4. The van der Waals surface area contributed by atoms with Gasteiger partial charge in [0.15, 0.2) is 0 Å². The Balaban J connectivity index is 1.37. The standard InChI is InChI=1S/C29H26N4O5/c1-38-21-11-9-18(10-12-21)13-14-31-17-26(34)32-25(29(31)35)16-23-22-7-2-3-8-24(22)30-27(23)28(32)19-5-4-6-20(15-19)33(36)37/h2-12,15,25,28,30H,13-14,16-17H2,1H3/t25-,28-/m1/s1. The van der Waals surface area contributed by atoms with E-state index in [-0.39, 0.29) is 24.0 Å². The summed E-state index contributed by atoms with van der Waals surface area (Å²) in [6.45, 7) is 0.385. The number of H-pyrrole nitrogens is 1. The van der Waals surface area contributed by atoms with Crippen molar-refractivity contribution in [2.45, 2.75) is 24.9 Å². The van der Waals surface area contributed by atoms with Crippen molar-refractivity contribution in [1.29, 1.82) is 0 Å². The third-order valence-corrected chi connectivity index (χ3v) is 7.57. The van der Waals surface area contributed by atoms with Gasteiger partial charge >= 0.3 is 0 Å². The molecular weight excluding hydrogens is 484 g/mol. The Kier molecular flexibility index (Phi) is 5.83. The van der Waals surface area contributed by atoms with Gasteiger partial charge in [-0.05, 0) is 41.3 Å². The molecule has 3 aromatic carbocycles. The summed E-state index contributed by atoms with van der Waals surface area (Å²) in [7, 11) is 1.61. The molecule has 1 N–H and O–H groups in total. The van der Waals surface area contributed by atoms with Crippen molar-refractivity contribution in [2.75, 3.05) is 20.2 Å². The summed E-state index contributed by atoms with van der Waals surface area (Å²) in [4.78, 5) is 45.3. The number of ether oxygens (including phenoxy) is 1. The maximum atomic E-state index is 13.8. The van der Waals surface area contributed by atoms with Crippen molar-refractivity contribution in [1.82, 2.24) is 14.8 Å². The topological polar surface area (TPSA) is 109 Å². The molecule has 0 radical (unpaired) electrons. The van der Waals surface area contributed by atoms with Crippen molar-refractivity contribution in [3.63, 3.8) is 0 Å². The van der Waals surface area contributed by atoms with Crippen LogP contribution >= 0.6 is 0 Å². The summed E-state index contributed by atoms with van der Waals surface area (Å²) in [6, 6.07) is 20.5. The molecule has 0 bridgehead atoms. The van der Waals surface area contributed by atoms with Crippen molar-refractivity contribution in [3.8, 4) is 5.75 Å². The number of non-ortho nitro benzene ring substituents is 1. The van der Waals surface area contributed by atoms with Gasteiger partial charge in [-0.1, -0.05) is 42.5 Å². The first-order valence-electron chi connectivity index (χ1n) is 12.5. The Hall–Kier alpha value is -4.66. The van der Waals surface area contributed by atoms with Gasteiger partial charge in [0.05, 0.1) is 24.6 Å². The van der Waals surface area contributed by atoms with E-state index in [4.69, 9.17) is 4.74 Å². The molecule has 0 spiro atoms. The number of rotatable bonds is 6. The number of aromatic nitrogens is 1. The zero-order valence-corrected chi connectivity index (χ0v) is 20.8. The Morgan fingerprint density at radius 1 is 1.05 bits per heavy atom. The molecule has 38 heavy (non-hydrogen) atoms. The normalized spacial score (nSPS) is 18.9. The molecule has 2 amide bonds. The Morgan fingerprint density at radius 3 is 2.61 bits per heavy atom. The SMILES string of the molecule is COc1ccc(CCN2CC(=O)N3[C@H](c4cccc([N+](=O)[O-])c4)c4[nH]c5ccccc5c4C[C@@H]3C2=O)cc1. The molecular formula is C29H26N4O5. The molecule has 2 atom stereocenters. The van der Waals surface area contributed by atoms with E-state index in [1.807, 2.05) is 48.5 Å². The van der Waals surface area contributed by atoms with E-state index in [1.165, 1.54) is 12.1 Å². The van der Waals surface area contributed by atoms with Gasteiger partial charge in [-0.15, -0.1) is 0 Å². The molecule has 1 aromatic heterocycles. The first kappa shape index (κ1) is 23.7. The number of hydrogen-bond acceptors (Lipinski definition) is 5. The number of carbonyl (C=O) groups is 2. The van der Waals surface area contributed by atoms with Crippen LogP contribution in [0.2, 0.25) is 0 Å². The van der Waals surface area contributed by atoms with Crippen molar-refractivity contribution >= 4 is 28.4 Å². The van der Waals surface area contributed by atoms with E-state index in [2.05, 4.69) is 4.98 Å². The number of amides is 2. The van der Waals surface area contributed by atoms with E-state index in [0.29, 0.717) is 24.9 Å². The lowest BCUT2D eigenvalue weighted by atomic mass is 9.86. The molecule has 9 nitrogen and oxygen atoms in total. The summed E-state index contributed by atoms with van der Waals surface area (Å²) in [5.74, 6) is 0.479. The van der Waals surface area contributed by atoms with Crippen LogP contribution in [-0.4, -0.2) is 57.8 Å². The third-order valence-electron chi connectivity index (χ3n) is 7.57. The monoisotopic (exact) mass is 510 g/mol. The van der Waals surface area contributed by atoms with Gasteiger partial charge in [0.2, 0.25) is 11.8 Å². The van der Waals surface area contributed by atoms with Crippen LogP contribution in [0, 0.1) is 10.1 Å².